The monoisotopic (exact) mass is 471 g/mol. The fourth-order valence-electron chi connectivity index (χ4n) is 3.85. The van der Waals surface area contributed by atoms with Crippen molar-refractivity contribution in [2.45, 2.75) is 38.6 Å². The summed E-state index contributed by atoms with van der Waals surface area (Å²) in [5.41, 5.74) is 4.54. The topological polar surface area (TPSA) is 109 Å². The van der Waals surface area contributed by atoms with Crippen molar-refractivity contribution in [2.75, 3.05) is 17.7 Å². The number of ether oxygens (including phenoxy) is 1. The van der Waals surface area contributed by atoms with E-state index in [4.69, 9.17) is 0 Å². The third-order valence-electron chi connectivity index (χ3n) is 5.82. The number of unbranched alkanes of at least 4 members (excludes halogenated alkanes) is 1. The van der Waals surface area contributed by atoms with Crippen LogP contribution in [0, 0.1) is 0 Å². The van der Waals surface area contributed by atoms with Crippen molar-refractivity contribution >= 4 is 34.4 Å². The minimum absolute atomic E-state index is 0.0771. The van der Waals surface area contributed by atoms with E-state index < -0.39 is 0 Å². The van der Waals surface area contributed by atoms with Gasteiger partial charge >= 0.3 is 5.97 Å². The average Bonchev–Trinajstić information content (AvgIpc) is 3.33. The summed E-state index contributed by atoms with van der Waals surface area (Å²) >= 11 is 0. The lowest BCUT2D eigenvalue weighted by molar-refractivity contribution is -0.140. The number of esters is 1. The first kappa shape index (κ1) is 23.9. The normalized spacial score (nSPS) is 11.7. The van der Waals surface area contributed by atoms with E-state index in [-0.39, 0.29) is 17.9 Å². The molecule has 35 heavy (non-hydrogen) atoms. The van der Waals surface area contributed by atoms with E-state index in [0.717, 1.165) is 33.8 Å². The number of aromatic amines is 1. The van der Waals surface area contributed by atoms with Gasteiger partial charge in [0.2, 0.25) is 5.91 Å². The minimum Gasteiger partial charge on any atom is -0.469 e. The Morgan fingerprint density at radius 3 is 2.49 bits per heavy atom. The van der Waals surface area contributed by atoms with Gasteiger partial charge in [0.15, 0.2) is 0 Å². The first-order valence-corrected chi connectivity index (χ1v) is 11.7. The predicted molar refractivity (Wildman–Crippen MR) is 137 cm³/mol. The van der Waals surface area contributed by atoms with Gasteiger partial charge in [0.1, 0.15) is 17.8 Å². The van der Waals surface area contributed by atoms with Crippen molar-refractivity contribution < 1.29 is 14.3 Å². The summed E-state index contributed by atoms with van der Waals surface area (Å²) in [4.78, 5) is 35.5. The SMILES string of the molecule is COC(=O)CCCCC(=O)Nc1ccc(-c2cc3c(N[C@H](C)c4ccccc4)ncnc3[nH]2)cc1. The molecule has 0 aliphatic heterocycles. The van der Waals surface area contributed by atoms with Crippen molar-refractivity contribution in [3.63, 3.8) is 0 Å². The maximum atomic E-state index is 12.2. The maximum Gasteiger partial charge on any atom is 0.305 e. The van der Waals surface area contributed by atoms with Crippen LogP contribution in [0.25, 0.3) is 22.3 Å². The van der Waals surface area contributed by atoms with Gasteiger partial charge in [-0.1, -0.05) is 42.5 Å². The number of nitrogens with zero attached hydrogens (tertiary/aromatic N) is 2. The third-order valence-corrected chi connectivity index (χ3v) is 5.82. The smallest absolute Gasteiger partial charge is 0.305 e. The first-order valence-electron chi connectivity index (χ1n) is 11.7. The standard InChI is InChI=1S/C27H29N5O3/c1-18(19-8-4-3-5-9-19)30-26-22-16-23(32-27(22)29-17-28-26)20-12-14-21(15-13-20)31-24(33)10-6-7-11-25(34)35-2/h3-5,8-9,12-18H,6-7,10-11H2,1-2H3,(H,31,33)(H2,28,29,30,32)/t18-/m1/s1. The highest BCUT2D eigenvalue weighted by atomic mass is 16.5. The second-order valence-corrected chi connectivity index (χ2v) is 8.35. The fraction of sp³-hybridized carbons (Fsp3) is 0.259. The molecule has 0 saturated heterocycles. The molecule has 0 radical (unpaired) electrons. The summed E-state index contributed by atoms with van der Waals surface area (Å²) in [5, 5.41) is 7.29. The molecule has 2 aromatic heterocycles. The molecule has 2 heterocycles. The number of hydrogen-bond acceptors (Lipinski definition) is 6. The number of nitrogens with one attached hydrogen (secondary N) is 3. The number of anilines is 2. The third kappa shape index (κ3) is 6.23. The molecular weight excluding hydrogens is 442 g/mol. The van der Waals surface area contributed by atoms with Crippen molar-refractivity contribution in [2.24, 2.45) is 0 Å². The van der Waals surface area contributed by atoms with Crippen LogP contribution in [0.1, 0.15) is 44.2 Å². The zero-order valence-corrected chi connectivity index (χ0v) is 19.9. The number of hydrogen-bond donors (Lipinski definition) is 3. The molecule has 8 nitrogen and oxygen atoms in total. The zero-order valence-electron chi connectivity index (χ0n) is 19.9. The Kier molecular flexibility index (Phi) is 7.72. The summed E-state index contributed by atoms with van der Waals surface area (Å²) in [6, 6.07) is 20.0. The van der Waals surface area contributed by atoms with Gasteiger partial charge in [-0.15, -0.1) is 0 Å². The molecule has 0 spiro atoms. The molecule has 4 rings (SSSR count). The Balaban J connectivity index is 1.40. The Hall–Kier alpha value is -4.20. The lowest BCUT2D eigenvalue weighted by Gasteiger charge is -2.15. The second kappa shape index (κ2) is 11.3. The van der Waals surface area contributed by atoms with Gasteiger partial charge in [-0.2, -0.15) is 0 Å². The van der Waals surface area contributed by atoms with Crippen molar-refractivity contribution in [3.8, 4) is 11.3 Å². The molecule has 8 heteroatoms. The average molecular weight is 472 g/mol. The van der Waals surface area contributed by atoms with Crippen LogP contribution in [0.4, 0.5) is 11.5 Å². The largest absolute Gasteiger partial charge is 0.469 e. The molecule has 1 atom stereocenters. The zero-order chi connectivity index (χ0) is 24.6. The second-order valence-electron chi connectivity index (χ2n) is 8.35. The highest BCUT2D eigenvalue weighted by Gasteiger charge is 2.13. The summed E-state index contributed by atoms with van der Waals surface area (Å²) in [7, 11) is 1.37. The quantitative estimate of drug-likeness (QED) is 0.209. The van der Waals surface area contributed by atoms with E-state index in [1.807, 2.05) is 48.5 Å². The molecule has 3 N–H and O–H groups in total. The highest BCUT2D eigenvalue weighted by Crippen LogP contribution is 2.29. The van der Waals surface area contributed by atoms with Gasteiger partial charge in [0, 0.05) is 30.3 Å². The Morgan fingerprint density at radius 1 is 1.00 bits per heavy atom. The van der Waals surface area contributed by atoms with Crippen molar-refractivity contribution in [1.82, 2.24) is 15.0 Å². The highest BCUT2D eigenvalue weighted by molar-refractivity contribution is 5.93. The van der Waals surface area contributed by atoms with Gasteiger partial charge in [-0.3, -0.25) is 9.59 Å². The van der Waals surface area contributed by atoms with Gasteiger partial charge in [-0.25, -0.2) is 9.97 Å². The van der Waals surface area contributed by atoms with E-state index >= 15 is 0 Å². The summed E-state index contributed by atoms with van der Waals surface area (Å²) in [6.07, 6.45) is 3.50. The first-order chi connectivity index (χ1) is 17.0. The molecule has 0 unspecified atom stereocenters. The van der Waals surface area contributed by atoms with Gasteiger partial charge in [0.05, 0.1) is 12.5 Å². The van der Waals surface area contributed by atoms with Crippen LogP contribution in [-0.4, -0.2) is 33.9 Å². The molecule has 0 bridgehead atoms. The fourth-order valence-corrected chi connectivity index (χ4v) is 3.85. The number of H-pyrrole nitrogens is 1. The molecular formula is C27H29N5O3. The van der Waals surface area contributed by atoms with Crippen LogP contribution in [0.2, 0.25) is 0 Å². The number of carbonyl (C=O) groups excluding carboxylic acids is 2. The Morgan fingerprint density at radius 2 is 1.74 bits per heavy atom. The molecule has 0 fully saturated rings. The van der Waals surface area contributed by atoms with Gasteiger partial charge < -0.3 is 20.4 Å². The number of aromatic nitrogens is 3. The molecule has 0 aliphatic carbocycles. The van der Waals surface area contributed by atoms with Crippen LogP contribution in [0.3, 0.4) is 0 Å². The molecule has 0 aliphatic rings. The van der Waals surface area contributed by atoms with Gasteiger partial charge in [0.25, 0.3) is 0 Å². The number of carbonyl (C=O) groups is 2. The van der Waals surface area contributed by atoms with Gasteiger partial charge in [-0.05, 0) is 49.1 Å². The van der Waals surface area contributed by atoms with E-state index in [9.17, 15) is 9.59 Å². The molecule has 4 aromatic rings. The van der Waals surface area contributed by atoms with E-state index in [1.54, 1.807) is 6.33 Å². The molecule has 1 amide bonds. The van der Waals surface area contributed by atoms with E-state index in [1.165, 1.54) is 12.7 Å². The van der Waals surface area contributed by atoms with Crippen LogP contribution in [0.15, 0.2) is 67.0 Å². The van der Waals surface area contributed by atoms with Crippen molar-refractivity contribution in [1.29, 1.82) is 0 Å². The Labute approximate surface area is 204 Å². The van der Waals surface area contributed by atoms with E-state index in [2.05, 4.69) is 49.4 Å². The summed E-state index contributed by atoms with van der Waals surface area (Å²) < 4.78 is 4.61. The summed E-state index contributed by atoms with van der Waals surface area (Å²) in [5.74, 6) is 0.439. The van der Waals surface area contributed by atoms with E-state index in [0.29, 0.717) is 25.7 Å². The van der Waals surface area contributed by atoms with Crippen LogP contribution < -0.4 is 10.6 Å². The number of rotatable bonds is 10. The number of methoxy groups -OCH3 is 1. The predicted octanol–water partition coefficient (Wildman–Crippen LogP) is 5.47. The molecule has 2 aromatic carbocycles. The number of amides is 1. The maximum absolute atomic E-state index is 12.2. The lowest BCUT2D eigenvalue weighted by Crippen LogP contribution is -2.11. The number of benzene rings is 2. The molecule has 0 saturated carbocycles. The number of fused-ring (bicyclic) bond motifs is 1. The van der Waals surface area contributed by atoms with Crippen LogP contribution in [0.5, 0.6) is 0 Å². The molecule has 180 valence electrons. The lowest BCUT2D eigenvalue weighted by atomic mass is 10.1. The Bertz CT molecular complexity index is 1290. The summed E-state index contributed by atoms with van der Waals surface area (Å²) in [6.45, 7) is 2.10. The minimum atomic E-state index is -0.252. The van der Waals surface area contributed by atoms with Crippen LogP contribution in [-0.2, 0) is 14.3 Å². The van der Waals surface area contributed by atoms with Crippen molar-refractivity contribution in [3.05, 3.63) is 72.6 Å². The van der Waals surface area contributed by atoms with Crippen LogP contribution >= 0.6 is 0 Å².